The Hall–Kier alpha value is -1.49. The normalized spacial score (nSPS) is 9.89. The molecule has 0 saturated carbocycles. The molecule has 0 radical (unpaired) electrons. The second-order valence-corrected chi connectivity index (χ2v) is 4.28. The van der Waals surface area contributed by atoms with Crippen LogP contribution in [0, 0.1) is 0 Å². The summed E-state index contributed by atoms with van der Waals surface area (Å²) in [6.45, 7) is 2.05. The van der Waals surface area contributed by atoms with Crippen LogP contribution in [0.1, 0.15) is 19.8 Å². The predicted octanol–water partition coefficient (Wildman–Crippen LogP) is 2.66. The van der Waals surface area contributed by atoms with Crippen molar-refractivity contribution in [3.63, 3.8) is 0 Å². The Labute approximate surface area is 111 Å². The third kappa shape index (κ3) is 4.79. The Bertz CT molecular complexity index is 417. The summed E-state index contributed by atoms with van der Waals surface area (Å²) in [6, 6.07) is 7.28. The van der Waals surface area contributed by atoms with E-state index in [0.717, 1.165) is 4.90 Å². The maximum absolute atomic E-state index is 11.6. The van der Waals surface area contributed by atoms with Crippen molar-refractivity contribution < 1.29 is 19.1 Å². The fraction of sp³-hybridized carbons (Fsp3) is 0.385. The Morgan fingerprint density at radius 1 is 1.17 bits per heavy atom. The number of thioether (sulfide) groups is 1. The van der Waals surface area contributed by atoms with Crippen molar-refractivity contribution in [1.82, 2.24) is 0 Å². The highest BCUT2D eigenvalue weighted by Crippen LogP contribution is 2.27. The van der Waals surface area contributed by atoms with Crippen molar-refractivity contribution in [3.8, 4) is 5.75 Å². The minimum absolute atomic E-state index is 0.0293. The molecule has 18 heavy (non-hydrogen) atoms. The molecule has 1 aromatic rings. The molecule has 0 aliphatic carbocycles. The van der Waals surface area contributed by atoms with E-state index in [1.165, 1.54) is 11.8 Å². The van der Waals surface area contributed by atoms with Crippen molar-refractivity contribution >= 4 is 23.7 Å². The highest BCUT2D eigenvalue weighted by Gasteiger charge is 2.11. The van der Waals surface area contributed by atoms with Gasteiger partial charge in [-0.1, -0.05) is 12.1 Å². The second kappa shape index (κ2) is 7.76. The van der Waals surface area contributed by atoms with E-state index < -0.39 is 5.97 Å². The topological polar surface area (TPSA) is 52.6 Å². The first-order chi connectivity index (χ1) is 8.67. The molecule has 1 aromatic carbocycles. The minimum atomic E-state index is -0.426. The number of hydrogen-bond donors (Lipinski definition) is 0. The Morgan fingerprint density at radius 2 is 1.83 bits per heavy atom. The summed E-state index contributed by atoms with van der Waals surface area (Å²) in [5.74, 6) is -0.281. The maximum atomic E-state index is 11.6. The number of carbonyl (C=O) groups is 2. The van der Waals surface area contributed by atoms with E-state index in [-0.39, 0.29) is 18.8 Å². The van der Waals surface area contributed by atoms with E-state index in [9.17, 15) is 9.59 Å². The number of ether oxygens (including phenoxy) is 2. The lowest BCUT2D eigenvalue weighted by Gasteiger charge is -2.07. The van der Waals surface area contributed by atoms with Gasteiger partial charge in [0.1, 0.15) is 5.75 Å². The van der Waals surface area contributed by atoms with Gasteiger partial charge >= 0.3 is 11.9 Å². The van der Waals surface area contributed by atoms with Crippen LogP contribution < -0.4 is 4.74 Å². The smallest absolute Gasteiger partial charge is 0.311 e. The summed E-state index contributed by atoms with van der Waals surface area (Å²) in [6.07, 6.45) is 1.99. The second-order valence-electron chi connectivity index (χ2n) is 3.43. The molecule has 0 N–H and O–H groups in total. The van der Waals surface area contributed by atoms with Crippen molar-refractivity contribution in [2.75, 3.05) is 12.9 Å². The van der Waals surface area contributed by atoms with Gasteiger partial charge < -0.3 is 9.47 Å². The Morgan fingerprint density at radius 3 is 2.50 bits per heavy atom. The summed E-state index contributed by atoms with van der Waals surface area (Å²) < 4.78 is 9.93. The molecule has 0 aromatic heterocycles. The Balaban J connectivity index is 2.47. The van der Waals surface area contributed by atoms with Gasteiger partial charge in [0.2, 0.25) is 0 Å². The highest BCUT2D eigenvalue weighted by molar-refractivity contribution is 7.98. The molecule has 0 saturated heterocycles. The number of benzene rings is 1. The van der Waals surface area contributed by atoms with E-state index in [1.54, 1.807) is 19.1 Å². The molecule has 0 amide bonds. The molecule has 0 unspecified atom stereocenters. The molecule has 0 aliphatic rings. The molecule has 4 nitrogen and oxygen atoms in total. The summed E-state index contributed by atoms with van der Waals surface area (Å²) in [5, 5.41) is 0. The fourth-order valence-corrected chi connectivity index (χ4v) is 1.84. The first-order valence-electron chi connectivity index (χ1n) is 5.66. The largest absolute Gasteiger partial charge is 0.466 e. The number of rotatable bonds is 6. The van der Waals surface area contributed by atoms with E-state index in [1.807, 2.05) is 18.4 Å². The summed E-state index contributed by atoms with van der Waals surface area (Å²) in [5.41, 5.74) is 0. The van der Waals surface area contributed by atoms with Gasteiger partial charge in [0, 0.05) is 4.90 Å². The molecule has 0 spiro atoms. The zero-order chi connectivity index (χ0) is 13.4. The molecule has 0 atom stereocenters. The van der Waals surface area contributed by atoms with Crippen LogP contribution in [0.15, 0.2) is 29.2 Å². The lowest BCUT2D eigenvalue weighted by molar-refractivity contribution is -0.146. The molecule has 0 aliphatic heterocycles. The van der Waals surface area contributed by atoms with Crippen LogP contribution in [0.5, 0.6) is 5.75 Å². The first-order valence-corrected chi connectivity index (χ1v) is 6.89. The number of hydrogen-bond acceptors (Lipinski definition) is 5. The van der Waals surface area contributed by atoms with Gasteiger partial charge in [-0.25, -0.2) is 0 Å². The van der Waals surface area contributed by atoms with Gasteiger partial charge in [-0.15, -0.1) is 11.8 Å². The SMILES string of the molecule is CCOC(=O)CCC(=O)Oc1ccccc1SC. The molecule has 5 heteroatoms. The van der Waals surface area contributed by atoms with Crippen molar-refractivity contribution in [3.05, 3.63) is 24.3 Å². The first kappa shape index (κ1) is 14.6. The zero-order valence-corrected chi connectivity index (χ0v) is 11.3. The van der Waals surface area contributed by atoms with Crippen molar-refractivity contribution in [2.45, 2.75) is 24.7 Å². The average molecular weight is 268 g/mol. The van der Waals surface area contributed by atoms with Gasteiger partial charge in [-0.2, -0.15) is 0 Å². The summed E-state index contributed by atoms with van der Waals surface area (Å²) >= 11 is 1.50. The van der Waals surface area contributed by atoms with Crippen molar-refractivity contribution in [2.24, 2.45) is 0 Å². The van der Waals surface area contributed by atoms with Gasteiger partial charge in [-0.05, 0) is 25.3 Å². The molecular weight excluding hydrogens is 252 g/mol. The standard InChI is InChI=1S/C13H16O4S/c1-3-16-12(14)8-9-13(15)17-10-6-4-5-7-11(10)18-2/h4-7H,3,8-9H2,1-2H3. The monoisotopic (exact) mass is 268 g/mol. The lowest BCUT2D eigenvalue weighted by Crippen LogP contribution is -2.12. The Kier molecular flexibility index (Phi) is 6.28. The molecule has 0 bridgehead atoms. The van der Waals surface area contributed by atoms with Crippen molar-refractivity contribution in [1.29, 1.82) is 0 Å². The fourth-order valence-electron chi connectivity index (χ4n) is 1.31. The zero-order valence-electron chi connectivity index (χ0n) is 10.5. The maximum Gasteiger partial charge on any atom is 0.311 e. The predicted molar refractivity (Wildman–Crippen MR) is 69.7 cm³/mol. The average Bonchev–Trinajstić information content (AvgIpc) is 2.37. The number of carbonyl (C=O) groups excluding carboxylic acids is 2. The van der Waals surface area contributed by atoms with E-state index in [0.29, 0.717) is 12.4 Å². The number of para-hydroxylation sites is 1. The van der Waals surface area contributed by atoms with Gasteiger partial charge in [0.15, 0.2) is 0 Å². The third-order valence-corrected chi connectivity index (χ3v) is 2.91. The van der Waals surface area contributed by atoms with Crippen LogP contribution >= 0.6 is 11.8 Å². The lowest BCUT2D eigenvalue weighted by atomic mass is 10.3. The van der Waals surface area contributed by atoms with Crippen LogP contribution in [-0.4, -0.2) is 24.8 Å². The van der Waals surface area contributed by atoms with Gasteiger partial charge in [-0.3, -0.25) is 9.59 Å². The van der Waals surface area contributed by atoms with Gasteiger partial charge in [0.25, 0.3) is 0 Å². The summed E-state index contributed by atoms with van der Waals surface area (Å²) in [4.78, 5) is 23.5. The molecule has 1 rings (SSSR count). The van der Waals surface area contributed by atoms with Crippen LogP contribution in [-0.2, 0) is 14.3 Å². The van der Waals surface area contributed by atoms with E-state index in [2.05, 4.69) is 0 Å². The van der Waals surface area contributed by atoms with E-state index >= 15 is 0 Å². The quantitative estimate of drug-likeness (QED) is 0.451. The summed E-state index contributed by atoms with van der Waals surface area (Å²) in [7, 11) is 0. The molecule has 0 fully saturated rings. The van der Waals surface area contributed by atoms with Crippen LogP contribution in [0.3, 0.4) is 0 Å². The minimum Gasteiger partial charge on any atom is -0.466 e. The van der Waals surface area contributed by atoms with Gasteiger partial charge in [0.05, 0.1) is 19.4 Å². The number of esters is 2. The molecular formula is C13H16O4S. The van der Waals surface area contributed by atoms with Crippen LogP contribution in [0.2, 0.25) is 0 Å². The van der Waals surface area contributed by atoms with Crippen LogP contribution in [0.4, 0.5) is 0 Å². The highest BCUT2D eigenvalue weighted by atomic mass is 32.2. The van der Waals surface area contributed by atoms with E-state index in [4.69, 9.17) is 9.47 Å². The molecule has 98 valence electrons. The van der Waals surface area contributed by atoms with Crippen LogP contribution in [0.25, 0.3) is 0 Å². The molecule has 0 heterocycles. The third-order valence-electron chi connectivity index (χ3n) is 2.13.